The summed E-state index contributed by atoms with van der Waals surface area (Å²) in [5.74, 6) is 0.925. The van der Waals surface area contributed by atoms with Crippen LogP contribution in [0.15, 0.2) is 28.7 Å². The minimum atomic E-state index is 0.168. The molecule has 0 saturated carbocycles. The van der Waals surface area contributed by atoms with Crippen molar-refractivity contribution in [2.75, 3.05) is 13.1 Å². The Balaban J connectivity index is 1.96. The molecular formula is C17H25BrN2O. The summed E-state index contributed by atoms with van der Waals surface area (Å²) in [5.41, 5.74) is 7.20. The number of carbonyl (C=O) groups is 1. The van der Waals surface area contributed by atoms with Gasteiger partial charge in [0.15, 0.2) is 0 Å². The molecule has 0 aromatic heterocycles. The lowest BCUT2D eigenvalue weighted by Gasteiger charge is -2.35. The van der Waals surface area contributed by atoms with Crippen LogP contribution in [0.5, 0.6) is 0 Å². The van der Waals surface area contributed by atoms with Gasteiger partial charge in [0.05, 0.1) is 0 Å². The third kappa shape index (κ3) is 4.30. The maximum atomic E-state index is 12.5. The zero-order chi connectivity index (χ0) is 15.4. The summed E-state index contributed by atoms with van der Waals surface area (Å²) in [5, 5.41) is 0. The molecular weight excluding hydrogens is 328 g/mol. The van der Waals surface area contributed by atoms with Crippen LogP contribution in [0.25, 0.3) is 0 Å². The van der Waals surface area contributed by atoms with Gasteiger partial charge in [-0.15, -0.1) is 0 Å². The van der Waals surface area contributed by atoms with Gasteiger partial charge in [-0.2, -0.15) is 0 Å². The highest BCUT2D eigenvalue weighted by Crippen LogP contribution is 2.28. The summed E-state index contributed by atoms with van der Waals surface area (Å²) in [6.45, 7) is 5.86. The number of piperidine rings is 1. The molecule has 0 unspecified atom stereocenters. The van der Waals surface area contributed by atoms with Crippen molar-refractivity contribution in [3.63, 3.8) is 0 Å². The number of nitrogens with zero attached hydrogens (tertiary/aromatic N) is 1. The van der Waals surface area contributed by atoms with Crippen LogP contribution in [0.2, 0.25) is 0 Å². The highest BCUT2D eigenvalue weighted by molar-refractivity contribution is 9.10. The third-order valence-corrected chi connectivity index (χ3v) is 5.19. The van der Waals surface area contributed by atoms with Crippen molar-refractivity contribution in [3.8, 4) is 0 Å². The average molecular weight is 353 g/mol. The molecule has 3 nitrogen and oxygen atoms in total. The second-order valence-electron chi connectivity index (χ2n) is 6.23. The second-order valence-corrected chi connectivity index (χ2v) is 7.08. The monoisotopic (exact) mass is 352 g/mol. The van der Waals surface area contributed by atoms with Crippen molar-refractivity contribution in [2.24, 2.45) is 11.7 Å². The molecule has 4 heteroatoms. The molecule has 3 atom stereocenters. The first-order chi connectivity index (χ1) is 9.99. The van der Waals surface area contributed by atoms with E-state index < -0.39 is 0 Å². The highest BCUT2D eigenvalue weighted by Gasteiger charge is 2.26. The van der Waals surface area contributed by atoms with Crippen molar-refractivity contribution in [1.82, 2.24) is 4.90 Å². The molecule has 1 saturated heterocycles. The quantitative estimate of drug-likeness (QED) is 0.900. The van der Waals surface area contributed by atoms with Gasteiger partial charge in [-0.05, 0) is 43.2 Å². The molecule has 1 aliphatic rings. The smallest absolute Gasteiger partial charge is 0.223 e. The van der Waals surface area contributed by atoms with Crippen LogP contribution in [-0.4, -0.2) is 29.9 Å². The molecule has 1 aromatic rings. The predicted molar refractivity (Wildman–Crippen MR) is 90.1 cm³/mol. The van der Waals surface area contributed by atoms with Crippen LogP contribution >= 0.6 is 15.9 Å². The van der Waals surface area contributed by atoms with Crippen molar-refractivity contribution < 1.29 is 4.79 Å². The number of hydrogen-bond donors (Lipinski definition) is 1. The van der Waals surface area contributed by atoms with E-state index in [0.29, 0.717) is 12.3 Å². The number of nitrogens with two attached hydrogens (primary N) is 1. The van der Waals surface area contributed by atoms with Crippen molar-refractivity contribution in [2.45, 2.75) is 45.1 Å². The number of carbonyl (C=O) groups excluding carboxylic acids is 1. The van der Waals surface area contributed by atoms with Gasteiger partial charge < -0.3 is 10.6 Å². The lowest BCUT2D eigenvalue weighted by atomic mass is 9.91. The predicted octanol–water partition coefficient (Wildman–Crippen LogP) is 3.53. The Hall–Kier alpha value is -0.870. The first-order valence-electron chi connectivity index (χ1n) is 7.76. The van der Waals surface area contributed by atoms with E-state index in [1.807, 2.05) is 30.0 Å². The largest absolute Gasteiger partial charge is 0.342 e. The van der Waals surface area contributed by atoms with Crippen molar-refractivity contribution in [1.29, 1.82) is 0 Å². The Morgan fingerprint density at radius 3 is 2.81 bits per heavy atom. The van der Waals surface area contributed by atoms with Crippen LogP contribution in [-0.2, 0) is 4.79 Å². The lowest BCUT2D eigenvalue weighted by Crippen LogP contribution is -2.45. The Bertz CT molecular complexity index is 489. The fourth-order valence-electron chi connectivity index (χ4n) is 3.04. The first-order valence-corrected chi connectivity index (χ1v) is 8.56. The topological polar surface area (TPSA) is 46.3 Å². The molecule has 1 amide bonds. The molecule has 1 heterocycles. The zero-order valence-corrected chi connectivity index (χ0v) is 14.5. The maximum Gasteiger partial charge on any atom is 0.223 e. The van der Waals surface area contributed by atoms with Crippen molar-refractivity contribution >= 4 is 21.8 Å². The van der Waals surface area contributed by atoms with E-state index in [1.165, 1.54) is 5.56 Å². The maximum absolute atomic E-state index is 12.5. The standard InChI is InChI=1S/C17H25BrN2O/c1-12(15-7-3-4-8-16(15)18)10-17(21)20-9-5-6-14(11-20)13(2)19/h3-4,7-8,12-14H,5-6,9-11,19H2,1-2H3/t12-,13+,14+/m1/s1. The van der Waals surface area contributed by atoms with Crippen LogP contribution in [0, 0.1) is 5.92 Å². The Labute approximate surface area is 136 Å². The number of rotatable bonds is 4. The van der Waals surface area contributed by atoms with Crippen LogP contribution < -0.4 is 5.73 Å². The summed E-state index contributed by atoms with van der Waals surface area (Å²) in [4.78, 5) is 14.5. The van der Waals surface area contributed by atoms with E-state index in [4.69, 9.17) is 5.73 Å². The van der Waals surface area contributed by atoms with Gasteiger partial charge in [0, 0.05) is 30.0 Å². The molecule has 1 aromatic carbocycles. The molecule has 0 aliphatic carbocycles. The van der Waals surface area contributed by atoms with E-state index in [0.717, 1.165) is 30.4 Å². The molecule has 2 N–H and O–H groups in total. The molecule has 1 fully saturated rings. The van der Waals surface area contributed by atoms with Gasteiger partial charge in [0.2, 0.25) is 5.91 Å². The zero-order valence-electron chi connectivity index (χ0n) is 12.9. The van der Waals surface area contributed by atoms with Crippen LogP contribution in [0.4, 0.5) is 0 Å². The highest BCUT2D eigenvalue weighted by atomic mass is 79.9. The van der Waals surface area contributed by atoms with Gasteiger partial charge in [-0.3, -0.25) is 4.79 Å². The van der Waals surface area contributed by atoms with E-state index >= 15 is 0 Å². The molecule has 0 spiro atoms. The minimum Gasteiger partial charge on any atom is -0.342 e. The normalized spacial score (nSPS) is 21.9. The molecule has 0 bridgehead atoms. The van der Waals surface area contributed by atoms with Gasteiger partial charge in [0.25, 0.3) is 0 Å². The lowest BCUT2D eigenvalue weighted by molar-refractivity contribution is -0.133. The van der Waals surface area contributed by atoms with Gasteiger partial charge >= 0.3 is 0 Å². The summed E-state index contributed by atoms with van der Waals surface area (Å²) >= 11 is 3.57. The molecule has 2 rings (SSSR count). The van der Waals surface area contributed by atoms with Gasteiger partial charge in [-0.1, -0.05) is 41.1 Å². The summed E-state index contributed by atoms with van der Waals surface area (Å²) in [7, 11) is 0. The number of benzene rings is 1. The average Bonchev–Trinajstić information content (AvgIpc) is 2.47. The Morgan fingerprint density at radius 2 is 2.14 bits per heavy atom. The van der Waals surface area contributed by atoms with E-state index in [2.05, 4.69) is 28.9 Å². The van der Waals surface area contributed by atoms with Crippen LogP contribution in [0.1, 0.15) is 44.6 Å². The third-order valence-electron chi connectivity index (χ3n) is 4.47. The van der Waals surface area contributed by atoms with E-state index in [-0.39, 0.29) is 17.9 Å². The SMILES string of the molecule is C[C@H](CC(=O)N1CCC[C@H]([C@H](C)N)C1)c1ccccc1Br. The number of halogens is 1. The molecule has 116 valence electrons. The Morgan fingerprint density at radius 1 is 1.43 bits per heavy atom. The molecule has 1 aliphatic heterocycles. The number of likely N-dealkylation sites (tertiary alicyclic amines) is 1. The van der Waals surface area contributed by atoms with Crippen molar-refractivity contribution in [3.05, 3.63) is 34.3 Å². The molecule has 0 radical (unpaired) electrons. The van der Waals surface area contributed by atoms with E-state index in [1.54, 1.807) is 0 Å². The number of amides is 1. The van der Waals surface area contributed by atoms with Gasteiger partial charge in [-0.25, -0.2) is 0 Å². The molecule has 21 heavy (non-hydrogen) atoms. The Kier molecular flexibility index (Phi) is 5.82. The van der Waals surface area contributed by atoms with E-state index in [9.17, 15) is 4.79 Å². The number of hydrogen-bond acceptors (Lipinski definition) is 2. The second kappa shape index (κ2) is 7.41. The fraction of sp³-hybridized carbons (Fsp3) is 0.588. The van der Waals surface area contributed by atoms with Crippen LogP contribution in [0.3, 0.4) is 0 Å². The summed E-state index contributed by atoms with van der Waals surface area (Å²) in [6.07, 6.45) is 2.77. The minimum absolute atomic E-state index is 0.168. The first kappa shape index (κ1) is 16.5. The van der Waals surface area contributed by atoms with Gasteiger partial charge in [0.1, 0.15) is 0 Å². The fourth-order valence-corrected chi connectivity index (χ4v) is 3.72. The summed E-state index contributed by atoms with van der Waals surface area (Å²) in [6, 6.07) is 8.31. The summed E-state index contributed by atoms with van der Waals surface area (Å²) < 4.78 is 1.08.